The zero-order chi connectivity index (χ0) is 7.45. The van der Waals surface area contributed by atoms with E-state index in [-0.39, 0.29) is 5.66 Å². The molecule has 0 fully saturated rings. The predicted molar refractivity (Wildman–Crippen MR) is 36.5 cm³/mol. The van der Waals surface area contributed by atoms with Crippen molar-refractivity contribution in [2.45, 2.75) is 25.4 Å². The first kappa shape index (κ1) is 7.02. The molecule has 54 valence electrons. The molecule has 1 aliphatic rings. The van der Waals surface area contributed by atoms with Crippen LogP contribution in [0.5, 0.6) is 0 Å². The van der Waals surface area contributed by atoms with Gasteiger partial charge in [0.25, 0.3) is 0 Å². The minimum atomic E-state index is -0.134. The predicted octanol–water partition coefficient (Wildman–Crippen LogP) is 2.26. The number of hydrogen-bond acceptors (Lipinski definition) is 3. The summed E-state index contributed by atoms with van der Waals surface area (Å²) in [5.74, 6) is 0. The Balaban J connectivity index is 2.01. The van der Waals surface area contributed by atoms with E-state index in [1.807, 2.05) is 6.92 Å². The summed E-state index contributed by atoms with van der Waals surface area (Å²) in [7, 11) is 0. The molecule has 1 rings (SSSR count). The Kier molecular flexibility index (Phi) is 1.87. The van der Waals surface area contributed by atoms with Crippen LogP contribution in [0.3, 0.4) is 0 Å². The molecule has 1 aliphatic heterocycles. The zero-order valence-corrected chi connectivity index (χ0v) is 5.86. The van der Waals surface area contributed by atoms with Crippen molar-refractivity contribution in [1.29, 1.82) is 0 Å². The van der Waals surface area contributed by atoms with Crippen molar-refractivity contribution in [3.05, 3.63) is 10.4 Å². The summed E-state index contributed by atoms with van der Waals surface area (Å²) in [4.78, 5) is 2.64. The van der Waals surface area contributed by atoms with Crippen LogP contribution in [0.4, 0.5) is 0 Å². The van der Waals surface area contributed by atoms with Crippen LogP contribution < -0.4 is 0 Å². The Labute approximate surface area is 58.8 Å². The molecular weight excluding hydrogens is 130 g/mol. The van der Waals surface area contributed by atoms with Gasteiger partial charge in [0, 0.05) is 11.5 Å². The number of rotatable bonds is 4. The largest absolute Gasteiger partial charge is 0.188 e. The second-order valence-corrected chi connectivity index (χ2v) is 2.48. The fourth-order valence-electron chi connectivity index (χ4n) is 0.715. The smallest absolute Gasteiger partial charge is 0.159 e. The van der Waals surface area contributed by atoms with E-state index in [2.05, 4.69) is 20.3 Å². The highest BCUT2D eigenvalue weighted by atomic mass is 15.4. The van der Waals surface area contributed by atoms with Crippen molar-refractivity contribution in [2.75, 3.05) is 6.54 Å². The van der Waals surface area contributed by atoms with Gasteiger partial charge >= 0.3 is 0 Å². The summed E-state index contributed by atoms with van der Waals surface area (Å²) in [6, 6.07) is 0. The lowest BCUT2D eigenvalue weighted by molar-refractivity contribution is 0.573. The molecule has 0 amide bonds. The molecule has 0 aliphatic carbocycles. The number of nitrogens with zero attached hydrogens (tertiary/aromatic N) is 5. The fraction of sp³-hybridized carbons (Fsp3) is 1.00. The van der Waals surface area contributed by atoms with Gasteiger partial charge in [-0.2, -0.15) is 10.2 Å². The standard InChI is InChI=1S/C5H9N5/c1-5(8-9-5)3-2-4-7-10-6/h2-4H2,1H3. The number of hydrogen-bond donors (Lipinski definition) is 0. The van der Waals surface area contributed by atoms with Gasteiger partial charge in [0.2, 0.25) is 0 Å². The van der Waals surface area contributed by atoms with Crippen LogP contribution >= 0.6 is 0 Å². The Bertz CT molecular complexity index is 184. The average Bonchev–Trinajstić information content (AvgIpc) is 2.62. The molecule has 10 heavy (non-hydrogen) atoms. The molecule has 0 atom stereocenters. The normalized spacial score (nSPS) is 18.1. The van der Waals surface area contributed by atoms with Gasteiger partial charge < -0.3 is 0 Å². The van der Waals surface area contributed by atoms with Gasteiger partial charge in [0.05, 0.1) is 0 Å². The highest BCUT2D eigenvalue weighted by Crippen LogP contribution is 2.31. The Morgan fingerprint density at radius 3 is 2.80 bits per heavy atom. The molecule has 0 aromatic heterocycles. The number of azide groups is 1. The Hall–Kier alpha value is -1.09. The third kappa shape index (κ3) is 2.03. The second-order valence-electron chi connectivity index (χ2n) is 2.48. The summed E-state index contributed by atoms with van der Waals surface area (Å²) in [5, 5.41) is 11.0. The van der Waals surface area contributed by atoms with Crippen LogP contribution in [0.1, 0.15) is 19.8 Å². The summed E-state index contributed by atoms with van der Waals surface area (Å²) in [6.45, 7) is 2.51. The monoisotopic (exact) mass is 139 g/mol. The van der Waals surface area contributed by atoms with E-state index in [1.165, 1.54) is 0 Å². The van der Waals surface area contributed by atoms with Gasteiger partial charge in [-0.3, -0.25) is 0 Å². The molecule has 5 heteroatoms. The van der Waals surface area contributed by atoms with E-state index in [4.69, 9.17) is 5.53 Å². The minimum absolute atomic E-state index is 0.134. The van der Waals surface area contributed by atoms with Crippen molar-refractivity contribution >= 4 is 0 Å². The molecule has 0 aromatic rings. The van der Waals surface area contributed by atoms with Crippen molar-refractivity contribution in [1.82, 2.24) is 0 Å². The van der Waals surface area contributed by atoms with E-state index in [0.717, 1.165) is 12.8 Å². The van der Waals surface area contributed by atoms with E-state index in [1.54, 1.807) is 0 Å². The molecular formula is C5H9N5. The van der Waals surface area contributed by atoms with Gasteiger partial charge in [0.1, 0.15) is 0 Å². The van der Waals surface area contributed by atoms with Gasteiger partial charge in [0.15, 0.2) is 5.66 Å². The van der Waals surface area contributed by atoms with Crippen LogP contribution in [-0.4, -0.2) is 12.2 Å². The van der Waals surface area contributed by atoms with E-state index < -0.39 is 0 Å². The van der Waals surface area contributed by atoms with E-state index in [0.29, 0.717) is 6.54 Å². The maximum atomic E-state index is 7.92. The zero-order valence-electron chi connectivity index (χ0n) is 5.86. The van der Waals surface area contributed by atoms with E-state index in [9.17, 15) is 0 Å². The van der Waals surface area contributed by atoms with Gasteiger partial charge in [-0.05, 0) is 25.3 Å². The summed E-state index contributed by atoms with van der Waals surface area (Å²) in [6.07, 6.45) is 1.76. The fourth-order valence-corrected chi connectivity index (χ4v) is 0.715. The van der Waals surface area contributed by atoms with E-state index >= 15 is 0 Å². The summed E-state index contributed by atoms with van der Waals surface area (Å²) < 4.78 is 0. The molecule has 0 unspecified atom stereocenters. The lowest BCUT2D eigenvalue weighted by atomic mass is 10.1. The first-order valence-electron chi connectivity index (χ1n) is 3.22. The van der Waals surface area contributed by atoms with Crippen molar-refractivity contribution in [3.63, 3.8) is 0 Å². The van der Waals surface area contributed by atoms with Gasteiger partial charge in [-0.25, -0.2) is 0 Å². The highest BCUT2D eigenvalue weighted by Gasteiger charge is 2.32. The van der Waals surface area contributed by atoms with Crippen LogP contribution in [0.2, 0.25) is 0 Å². The third-order valence-electron chi connectivity index (χ3n) is 1.41. The Morgan fingerprint density at radius 2 is 2.30 bits per heavy atom. The molecule has 0 saturated heterocycles. The molecule has 0 bridgehead atoms. The van der Waals surface area contributed by atoms with Crippen LogP contribution in [0.25, 0.3) is 10.4 Å². The van der Waals surface area contributed by atoms with Crippen molar-refractivity contribution in [3.8, 4) is 0 Å². The lowest BCUT2D eigenvalue weighted by Crippen LogP contribution is -2.03. The van der Waals surface area contributed by atoms with Crippen LogP contribution in [0, 0.1) is 0 Å². The summed E-state index contributed by atoms with van der Waals surface area (Å²) >= 11 is 0. The van der Waals surface area contributed by atoms with Crippen LogP contribution in [0.15, 0.2) is 15.3 Å². The van der Waals surface area contributed by atoms with Crippen molar-refractivity contribution in [2.24, 2.45) is 15.3 Å². The SMILES string of the molecule is CC1(CCCN=[N+]=[N-])N=N1. The van der Waals surface area contributed by atoms with Crippen molar-refractivity contribution < 1.29 is 0 Å². The lowest BCUT2D eigenvalue weighted by Gasteiger charge is -1.98. The maximum absolute atomic E-state index is 7.92. The molecule has 0 radical (unpaired) electrons. The molecule has 0 N–H and O–H groups in total. The quantitative estimate of drug-likeness (QED) is 0.248. The average molecular weight is 139 g/mol. The first-order valence-corrected chi connectivity index (χ1v) is 3.22. The molecule has 0 spiro atoms. The van der Waals surface area contributed by atoms with Crippen LogP contribution in [-0.2, 0) is 0 Å². The maximum Gasteiger partial charge on any atom is 0.188 e. The first-order chi connectivity index (χ1) is 4.77. The minimum Gasteiger partial charge on any atom is -0.159 e. The van der Waals surface area contributed by atoms with Gasteiger partial charge in [-0.15, -0.1) is 0 Å². The third-order valence-corrected chi connectivity index (χ3v) is 1.41. The molecule has 0 saturated carbocycles. The summed E-state index contributed by atoms with van der Waals surface area (Å²) in [5.41, 5.74) is 7.79. The van der Waals surface area contributed by atoms with Gasteiger partial charge in [-0.1, -0.05) is 5.11 Å². The highest BCUT2D eigenvalue weighted by molar-refractivity contribution is 4.87. The molecule has 1 heterocycles. The second kappa shape index (κ2) is 2.66. The Morgan fingerprint density at radius 1 is 1.60 bits per heavy atom. The molecule has 5 nitrogen and oxygen atoms in total. The topological polar surface area (TPSA) is 73.5 Å². The molecule has 0 aromatic carbocycles.